The number of aromatic nitrogens is 2. The SMILES string of the molecule is C[C@@H]1CN(C(=O)[C@@H]2CCCN(Cc3nc4ccccc4n3C)C2)C[C@H](C)N1Cc1ccccc1. The van der Waals surface area contributed by atoms with Crippen LogP contribution in [0.15, 0.2) is 54.6 Å². The Kier molecular flexibility index (Phi) is 6.70. The van der Waals surface area contributed by atoms with Crippen molar-refractivity contribution in [2.24, 2.45) is 13.0 Å². The highest BCUT2D eigenvalue weighted by atomic mass is 16.2. The number of aryl methyl sites for hydroxylation is 1. The van der Waals surface area contributed by atoms with Gasteiger partial charge in [0.25, 0.3) is 0 Å². The van der Waals surface area contributed by atoms with E-state index in [2.05, 4.69) is 88.7 Å². The zero-order valence-corrected chi connectivity index (χ0v) is 20.7. The number of para-hydroxylation sites is 2. The fourth-order valence-electron chi connectivity index (χ4n) is 5.84. The lowest BCUT2D eigenvalue weighted by Gasteiger charge is -2.46. The molecule has 180 valence electrons. The Hall–Kier alpha value is -2.70. The first-order chi connectivity index (χ1) is 16.5. The minimum atomic E-state index is 0.0866. The summed E-state index contributed by atoms with van der Waals surface area (Å²) >= 11 is 0. The summed E-state index contributed by atoms with van der Waals surface area (Å²) in [6.45, 7) is 9.76. The van der Waals surface area contributed by atoms with Crippen molar-refractivity contribution in [3.63, 3.8) is 0 Å². The van der Waals surface area contributed by atoms with E-state index in [0.717, 1.165) is 63.5 Å². The van der Waals surface area contributed by atoms with Crippen molar-refractivity contribution < 1.29 is 4.79 Å². The smallest absolute Gasteiger partial charge is 0.227 e. The van der Waals surface area contributed by atoms with Gasteiger partial charge in [0.05, 0.1) is 23.5 Å². The summed E-state index contributed by atoms with van der Waals surface area (Å²) in [4.78, 5) is 25.5. The molecule has 2 aliphatic rings. The number of hydrogen-bond acceptors (Lipinski definition) is 4. The fourth-order valence-corrected chi connectivity index (χ4v) is 5.84. The molecule has 0 N–H and O–H groups in total. The maximum Gasteiger partial charge on any atom is 0.227 e. The molecule has 1 aromatic heterocycles. The third-order valence-corrected chi connectivity index (χ3v) is 7.72. The highest BCUT2D eigenvalue weighted by Gasteiger charge is 2.36. The average Bonchev–Trinajstić information content (AvgIpc) is 3.17. The monoisotopic (exact) mass is 459 g/mol. The maximum absolute atomic E-state index is 13.6. The van der Waals surface area contributed by atoms with Crippen LogP contribution < -0.4 is 0 Å². The molecule has 2 aliphatic heterocycles. The van der Waals surface area contributed by atoms with Crippen LogP contribution in [0.2, 0.25) is 0 Å². The van der Waals surface area contributed by atoms with Crippen LogP contribution in [0.5, 0.6) is 0 Å². The van der Waals surface area contributed by atoms with Gasteiger partial charge in [-0.15, -0.1) is 0 Å². The number of benzene rings is 2. The highest BCUT2D eigenvalue weighted by molar-refractivity contribution is 5.79. The summed E-state index contributed by atoms with van der Waals surface area (Å²) in [5.41, 5.74) is 3.55. The van der Waals surface area contributed by atoms with Crippen molar-refractivity contribution in [2.75, 3.05) is 26.2 Å². The van der Waals surface area contributed by atoms with Gasteiger partial charge < -0.3 is 9.47 Å². The third-order valence-electron chi connectivity index (χ3n) is 7.72. The topological polar surface area (TPSA) is 44.6 Å². The Bertz CT molecular complexity index is 1110. The molecule has 0 aliphatic carbocycles. The Labute approximate surface area is 203 Å². The molecule has 0 saturated carbocycles. The standard InChI is InChI=1S/C28H37N5O/c1-21-16-32(17-22(2)33(21)18-23-10-5-4-6-11-23)28(34)24-12-9-15-31(19-24)20-27-29-25-13-7-8-14-26(25)30(27)3/h4-8,10-11,13-14,21-22,24H,9,12,15-20H2,1-3H3/t21-,22+,24-/m1/s1. The van der Waals surface area contributed by atoms with Crippen molar-refractivity contribution in [1.82, 2.24) is 24.3 Å². The van der Waals surface area contributed by atoms with E-state index in [1.807, 2.05) is 6.07 Å². The lowest BCUT2D eigenvalue weighted by Crippen LogP contribution is -2.59. The van der Waals surface area contributed by atoms with Crippen molar-refractivity contribution in [3.05, 3.63) is 66.0 Å². The molecular formula is C28H37N5O. The number of amides is 1. The van der Waals surface area contributed by atoms with E-state index in [1.54, 1.807) is 0 Å². The molecule has 5 rings (SSSR count). The first kappa shape index (κ1) is 23.1. The molecule has 3 atom stereocenters. The van der Waals surface area contributed by atoms with Gasteiger partial charge in [-0.25, -0.2) is 4.98 Å². The van der Waals surface area contributed by atoms with Crippen molar-refractivity contribution in [3.8, 4) is 0 Å². The first-order valence-electron chi connectivity index (χ1n) is 12.7. The fraction of sp³-hybridized carbons (Fsp3) is 0.500. The van der Waals surface area contributed by atoms with E-state index >= 15 is 0 Å². The van der Waals surface area contributed by atoms with Gasteiger partial charge in [-0.2, -0.15) is 0 Å². The predicted octanol–water partition coefficient (Wildman–Crippen LogP) is 3.91. The molecule has 2 saturated heterocycles. The number of imidazole rings is 1. The van der Waals surface area contributed by atoms with Gasteiger partial charge in [0, 0.05) is 45.3 Å². The molecule has 0 radical (unpaired) electrons. The average molecular weight is 460 g/mol. The Balaban J connectivity index is 1.21. The minimum absolute atomic E-state index is 0.0866. The van der Waals surface area contributed by atoms with Gasteiger partial charge in [-0.1, -0.05) is 42.5 Å². The summed E-state index contributed by atoms with van der Waals surface area (Å²) < 4.78 is 2.19. The van der Waals surface area contributed by atoms with Gasteiger partial charge >= 0.3 is 0 Å². The summed E-state index contributed by atoms with van der Waals surface area (Å²) in [6.07, 6.45) is 2.06. The number of hydrogen-bond donors (Lipinski definition) is 0. The normalized spacial score (nSPS) is 24.6. The van der Waals surface area contributed by atoms with Crippen LogP contribution in [0.4, 0.5) is 0 Å². The quantitative estimate of drug-likeness (QED) is 0.580. The zero-order valence-electron chi connectivity index (χ0n) is 20.7. The Morgan fingerprint density at radius 2 is 1.65 bits per heavy atom. The van der Waals surface area contributed by atoms with Crippen LogP contribution in [0.1, 0.15) is 38.1 Å². The van der Waals surface area contributed by atoms with Crippen molar-refractivity contribution >= 4 is 16.9 Å². The Morgan fingerprint density at radius 3 is 2.38 bits per heavy atom. The molecular weight excluding hydrogens is 422 g/mol. The van der Waals surface area contributed by atoms with Gasteiger partial charge in [0.1, 0.15) is 5.82 Å². The molecule has 2 fully saturated rings. The molecule has 0 spiro atoms. The van der Waals surface area contributed by atoms with Crippen LogP contribution in [-0.4, -0.2) is 68.4 Å². The lowest BCUT2D eigenvalue weighted by atomic mass is 9.95. The number of carbonyl (C=O) groups is 1. The molecule has 0 unspecified atom stereocenters. The molecule has 6 nitrogen and oxygen atoms in total. The van der Waals surface area contributed by atoms with E-state index in [4.69, 9.17) is 4.98 Å². The van der Waals surface area contributed by atoms with E-state index in [9.17, 15) is 4.79 Å². The molecule has 3 aromatic rings. The second-order valence-corrected chi connectivity index (χ2v) is 10.2. The van der Waals surface area contributed by atoms with Crippen LogP contribution in [0.25, 0.3) is 11.0 Å². The number of likely N-dealkylation sites (tertiary alicyclic amines) is 1. The Morgan fingerprint density at radius 1 is 0.941 bits per heavy atom. The van der Waals surface area contributed by atoms with E-state index in [0.29, 0.717) is 18.0 Å². The molecule has 2 aromatic carbocycles. The lowest BCUT2D eigenvalue weighted by molar-refractivity contribution is -0.142. The van der Waals surface area contributed by atoms with E-state index in [1.165, 1.54) is 11.1 Å². The molecule has 3 heterocycles. The summed E-state index contributed by atoms with van der Waals surface area (Å²) in [6, 6.07) is 19.7. The number of carbonyl (C=O) groups excluding carboxylic acids is 1. The number of fused-ring (bicyclic) bond motifs is 1. The first-order valence-corrected chi connectivity index (χ1v) is 12.7. The third kappa shape index (κ3) is 4.75. The van der Waals surface area contributed by atoms with Crippen LogP contribution in [0, 0.1) is 5.92 Å². The van der Waals surface area contributed by atoms with Crippen LogP contribution in [0.3, 0.4) is 0 Å². The summed E-state index contributed by atoms with van der Waals surface area (Å²) in [5, 5.41) is 0. The maximum atomic E-state index is 13.6. The highest BCUT2D eigenvalue weighted by Crippen LogP contribution is 2.25. The van der Waals surface area contributed by atoms with Crippen LogP contribution in [-0.2, 0) is 24.9 Å². The number of piperidine rings is 1. The van der Waals surface area contributed by atoms with Gasteiger partial charge in [0.2, 0.25) is 5.91 Å². The number of piperazine rings is 1. The van der Waals surface area contributed by atoms with E-state index < -0.39 is 0 Å². The molecule has 1 amide bonds. The van der Waals surface area contributed by atoms with E-state index in [-0.39, 0.29) is 5.92 Å². The minimum Gasteiger partial charge on any atom is -0.339 e. The number of nitrogens with zero attached hydrogens (tertiary/aromatic N) is 5. The van der Waals surface area contributed by atoms with Gasteiger partial charge in [-0.05, 0) is 50.9 Å². The van der Waals surface area contributed by atoms with Gasteiger partial charge in [0.15, 0.2) is 0 Å². The zero-order chi connectivity index (χ0) is 23.7. The second-order valence-electron chi connectivity index (χ2n) is 10.2. The van der Waals surface area contributed by atoms with Crippen LogP contribution >= 0.6 is 0 Å². The summed E-state index contributed by atoms with van der Waals surface area (Å²) in [5.74, 6) is 1.50. The number of rotatable bonds is 5. The van der Waals surface area contributed by atoms with Gasteiger partial charge in [-0.3, -0.25) is 14.6 Å². The second kappa shape index (κ2) is 9.88. The molecule has 6 heteroatoms. The molecule has 34 heavy (non-hydrogen) atoms. The predicted molar refractivity (Wildman–Crippen MR) is 136 cm³/mol. The molecule has 0 bridgehead atoms. The van der Waals surface area contributed by atoms with Crippen molar-refractivity contribution in [2.45, 2.75) is 51.9 Å². The van der Waals surface area contributed by atoms with Crippen molar-refractivity contribution in [1.29, 1.82) is 0 Å². The largest absolute Gasteiger partial charge is 0.339 e. The summed E-state index contributed by atoms with van der Waals surface area (Å²) in [7, 11) is 2.09.